The Kier molecular flexibility index (Phi) is 2.69. The van der Waals surface area contributed by atoms with Gasteiger partial charge in [0.05, 0.1) is 5.69 Å². The van der Waals surface area contributed by atoms with Gasteiger partial charge in [-0.05, 0) is 35.4 Å². The molecule has 0 spiro atoms. The monoisotopic (exact) mass is 247 g/mol. The second-order valence-corrected chi connectivity index (χ2v) is 6.39. The molecule has 1 saturated carbocycles. The van der Waals surface area contributed by atoms with Gasteiger partial charge < -0.3 is 10.4 Å². The number of aromatic hydroxyl groups is 1. The summed E-state index contributed by atoms with van der Waals surface area (Å²) in [4.78, 5) is 12.2. The van der Waals surface area contributed by atoms with Crippen molar-refractivity contribution in [3.05, 3.63) is 23.8 Å². The number of carbonyl (C=O) groups excluding carboxylic acids is 1. The van der Waals surface area contributed by atoms with E-state index in [0.29, 0.717) is 5.69 Å². The summed E-state index contributed by atoms with van der Waals surface area (Å²) in [6.45, 7) is 10.3. The zero-order valence-corrected chi connectivity index (χ0v) is 11.7. The number of carbonyl (C=O) groups is 1. The van der Waals surface area contributed by atoms with Crippen LogP contribution in [-0.2, 0) is 4.79 Å². The van der Waals surface area contributed by atoms with E-state index >= 15 is 0 Å². The minimum atomic E-state index is -0.0100. The van der Waals surface area contributed by atoms with Crippen LogP contribution >= 0.6 is 0 Å². The Morgan fingerprint density at radius 3 is 2.22 bits per heavy atom. The molecule has 1 aromatic carbocycles. The van der Waals surface area contributed by atoms with Gasteiger partial charge in [-0.2, -0.15) is 0 Å². The average Bonchev–Trinajstić information content (AvgIpc) is 2.62. The van der Waals surface area contributed by atoms with E-state index in [4.69, 9.17) is 0 Å². The zero-order chi connectivity index (χ0) is 13.7. The van der Waals surface area contributed by atoms with Crippen LogP contribution in [0.1, 0.15) is 33.3 Å². The normalized spacial score (nSPS) is 20.5. The Bertz CT molecular complexity index is 489. The topological polar surface area (TPSA) is 49.3 Å². The van der Waals surface area contributed by atoms with Crippen molar-refractivity contribution in [1.29, 1.82) is 0 Å². The lowest BCUT2D eigenvalue weighted by atomic mass is 10.0. The largest absolute Gasteiger partial charge is 0.506 e. The summed E-state index contributed by atoms with van der Waals surface area (Å²) >= 11 is 0. The molecule has 0 heterocycles. The molecule has 2 rings (SSSR count). The van der Waals surface area contributed by atoms with Crippen molar-refractivity contribution in [2.75, 3.05) is 5.32 Å². The predicted octanol–water partition coefficient (Wildman–Crippen LogP) is 3.32. The summed E-state index contributed by atoms with van der Waals surface area (Å²) in [6.07, 6.45) is 0. The summed E-state index contributed by atoms with van der Waals surface area (Å²) < 4.78 is 0. The number of phenolic OH excluding ortho intramolecular Hbond substituents is 1. The van der Waals surface area contributed by atoms with Crippen LogP contribution in [0.2, 0.25) is 0 Å². The van der Waals surface area contributed by atoms with Gasteiger partial charge in [-0.25, -0.2) is 0 Å². The quantitative estimate of drug-likeness (QED) is 0.788. The minimum absolute atomic E-state index is 0.00861. The number of benzene rings is 1. The summed E-state index contributed by atoms with van der Waals surface area (Å²) in [6, 6.07) is 5.27. The molecule has 1 amide bonds. The van der Waals surface area contributed by atoms with Gasteiger partial charge in [0.2, 0.25) is 5.91 Å². The maximum absolute atomic E-state index is 12.2. The van der Waals surface area contributed by atoms with Gasteiger partial charge in [0.15, 0.2) is 0 Å². The maximum Gasteiger partial charge on any atom is 0.228 e. The minimum Gasteiger partial charge on any atom is -0.506 e. The van der Waals surface area contributed by atoms with E-state index in [1.54, 1.807) is 12.1 Å². The van der Waals surface area contributed by atoms with Crippen molar-refractivity contribution in [1.82, 2.24) is 0 Å². The molecule has 98 valence electrons. The van der Waals surface area contributed by atoms with Crippen LogP contribution in [0.25, 0.3) is 0 Å². The molecule has 0 aromatic heterocycles. The van der Waals surface area contributed by atoms with Gasteiger partial charge >= 0.3 is 0 Å². The molecule has 0 atom stereocenters. The maximum atomic E-state index is 12.2. The summed E-state index contributed by atoms with van der Waals surface area (Å²) in [5.74, 6) is 0.106. The van der Waals surface area contributed by atoms with Gasteiger partial charge in [-0.3, -0.25) is 4.79 Å². The van der Waals surface area contributed by atoms with Gasteiger partial charge in [-0.15, -0.1) is 0 Å². The highest BCUT2D eigenvalue weighted by Gasteiger charge is 2.68. The Labute approximate surface area is 108 Å². The number of nitrogens with one attached hydrogen (secondary N) is 1. The number of hydrogen-bond donors (Lipinski definition) is 2. The molecule has 1 fully saturated rings. The van der Waals surface area contributed by atoms with E-state index in [0.717, 1.165) is 5.56 Å². The second-order valence-electron chi connectivity index (χ2n) is 6.39. The lowest BCUT2D eigenvalue weighted by Gasteiger charge is -2.09. The molecule has 18 heavy (non-hydrogen) atoms. The number of aryl methyl sites for hydroxylation is 1. The number of amides is 1. The van der Waals surface area contributed by atoms with Crippen LogP contribution < -0.4 is 5.32 Å². The smallest absolute Gasteiger partial charge is 0.228 e. The second kappa shape index (κ2) is 3.74. The Morgan fingerprint density at radius 2 is 1.78 bits per heavy atom. The molecule has 0 saturated heterocycles. The Balaban J connectivity index is 2.14. The highest BCUT2D eigenvalue weighted by molar-refractivity contribution is 5.97. The molecular weight excluding hydrogens is 226 g/mol. The first kappa shape index (κ1) is 12.9. The predicted molar refractivity (Wildman–Crippen MR) is 72.5 cm³/mol. The van der Waals surface area contributed by atoms with Crippen LogP contribution in [-0.4, -0.2) is 11.0 Å². The van der Waals surface area contributed by atoms with Crippen LogP contribution in [0.5, 0.6) is 5.75 Å². The molecule has 1 aromatic rings. The van der Waals surface area contributed by atoms with Crippen molar-refractivity contribution in [2.45, 2.75) is 34.6 Å². The van der Waals surface area contributed by atoms with Gasteiger partial charge in [0.25, 0.3) is 0 Å². The third kappa shape index (κ3) is 1.78. The number of anilines is 1. The fraction of sp³-hybridized carbons (Fsp3) is 0.533. The molecule has 0 unspecified atom stereocenters. The third-order valence-corrected chi connectivity index (χ3v) is 4.69. The Hall–Kier alpha value is -1.51. The number of hydrogen-bond acceptors (Lipinski definition) is 2. The molecule has 1 aliphatic carbocycles. The van der Waals surface area contributed by atoms with E-state index in [-0.39, 0.29) is 28.4 Å². The van der Waals surface area contributed by atoms with Gasteiger partial charge in [-0.1, -0.05) is 33.8 Å². The first-order valence-electron chi connectivity index (χ1n) is 6.28. The molecule has 0 bridgehead atoms. The molecular formula is C15H21NO2. The molecule has 1 aliphatic rings. The van der Waals surface area contributed by atoms with Crippen LogP contribution in [0.15, 0.2) is 18.2 Å². The van der Waals surface area contributed by atoms with Crippen molar-refractivity contribution >= 4 is 11.6 Å². The standard InChI is InChI=1S/C15H21NO2/c1-9-6-7-10(11(17)8-9)16-13(18)12-14(2,3)15(12,4)5/h6-8,12,17H,1-5H3,(H,16,18). The van der Waals surface area contributed by atoms with Crippen molar-refractivity contribution in [3.8, 4) is 5.75 Å². The Morgan fingerprint density at radius 1 is 1.22 bits per heavy atom. The van der Waals surface area contributed by atoms with Crippen molar-refractivity contribution < 1.29 is 9.90 Å². The summed E-state index contributed by atoms with van der Waals surface area (Å²) in [5, 5.41) is 12.6. The van der Waals surface area contributed by atoms with E-state index in [2.05, 4.69) is 33.0 Å². The van der Waals surface area contributed by atoms with E-state index in [1.165, 1.54) is 0 Å². The van der Waals surface area contributed by atoms with Crippen molar-refractivity contribution in [3.63, 3.8) is 0 Å². The SMILES string of the molecule is Cc1ccc(NC(=O)C2C(C)(C)C2(C)C)c(O)c1. The number of rotatable bonds is 2. The molecule has 2 N–H and O–H groups in total. The van der Waals surface area contributed by atoms with E-state index in [1.807, 2.05) is 13.0 Å². The fourth-order valence-corrected chi connectivity index (χ4v) is 2.80. The molecule has 0 radical (unpaired) electrons. The van der Waals surface area contributed by atoms with Gasteiger partial charge in [0.1, 0.15) is 5.75 Å². The summed E-state index contributed by atoms with van der Waals surface area (Å²) in [5.41, 5.74) is 1.48. The third-order valence-electron chi connectivity index (χ3n) is 4.69. The lowest BCUT2D eigenvalue weighted by Crippen LogP contribution is -2.17. The fourth-order valence-electron chi connectivity index (χ4n) is 2.80. The van der Waals surface area contributed by atoms with E-state index < -0.39 is 0 Å². The van der Waals surface area contributed by atoms with Crippen molar-refractivity contribution in [2.24, 2.45) is 16.7 Å². The first-order chi connectivity index (χ1) is 8.18. The highest BCUT2D eigenvalue weighted by Crippen LogP contribution is 2.68. The average molecular weight is 247 g/mol. The van der Waals surface area contributed by atoms with Crippen LogP contribution in [0, 0.1) is 23.7 Å². The van der Waals surface area contributed by atoms with Gasteiger partial charge in [0, 0.05) is 5.92 Å². The molecule has 3 heteroatoms. The highest BCUT2D eigenvalue weighted by atomic mass is 16.3. The van der Waals surface area contributed by atoms with Crippen LogP contribution in [0.4, 0.5) is 5.69 Å². The zero-order valence-electron chi connectivity index (χ0n) is 11.7. The van der Waals surface area contributed by atoms with E-state index in [9.17, 15) is 9.90 Å². The number of phenols is 1. The van der Waals surface area contributed by atoms with Crippen LogP contribution in [0.3, 0.4) is 0 Å². The molecule has 3 nitrogen and oxygen atoms in total. The lowest BCUT2D eigenvalue weighted by molar-refractivity contribution is -0.118. The summed E-state index contributed by atoms with van der Waals surface area (Å²) in [7, 11) is 0. The molecule has 0 aliphatic heterocycles. The first-order valence-corrected chi connectivity index (χ1v) is 6.28.